The van der Waals surface area contributed by atoms with E-state index in [2.05, 4.69) is 56.4 Å². The maximum atomic E-state index is 8.94. The van der Waals surface area contributed by atoms with Crippen molar-refractivity contribution in [1.29, 1.82) is 5.26 Å². The lowest BCUT2D eigenvalue weighted by atomic mass is 9.50. The van der Waals surface area contributed by atoms with Gasteiger partial charge in [-0.2, -0.15) is 5.26 Å². The maximum absolute atomic E-state index is 8.94. The molecule has 1 fully saturated rings. The standard InChI is InChI=1S/C15H19IN2O.ClH/c1-14(2)12(18)15(3,4)13(14)19-10-6-5-9(8-17)11(16)7-10;/h5-7,12-13H,18H2,1-4H3;1H/t12-,13-;. The minimum absolute atomic E-state index is 0. The van der Waals surface area contributed by atoms with Gasteiger partial charge in [0.05, 0.1) is 5.56 Å². The summed E-state index contributed by atoms with van der Waals surface area (Å²) in [6, 6.07) is 7.86. The van der Waals surface area contributed by atoms with Gasteiger partial charge in [0.25, 0.3) is 0 Å². The van der Waals surface area contributed by atoms with Gasteiger partial charge in [0.15, 0.2) is 0 Å². The van der Waals surface area contributed by atoms with E-state index >= 15 is 0 Å². The van der Waals surface area contributed by atoms with Crippen LogP contribution in [0.25, 0.3) is 0 Å². The maximum Gasteiger partial charge on any atom is 0.120 e. The summed E-state index contributed by atoms with van der Waals surface area (Å²) in [6.45, 7) is 8.56. The lowest BCUT2D eigenvalue weighted by Gasteiger charge is -2.61. The van der Waals surface area contributed by atoms with Crippen LogP contribution < -0.4 is 10.5 Å². The van der Waals surface area contributed by atoms with Gasteiger partial charge in [0.1, 0.15) is 17.9 Å². The van der Waals surface area contributed by atoms with Gasteiger partial charge in [-0.05, 0) is 40.8 Å². The fourth-order valence-electron chi connectivity index (χ4n) is 3.25. The fourth-order valence-corrected chi connectivity index (χ4v) is 3.85. The molecule has 20 heavy (non-hydrogen) atoms. The second-order valence-corrected chi connectivity index (χ2v) is 7.53. The molecule has 5 heteroatoms. The molecule has 1 aliphatic carbocycles. The van der Waals surface area contributed by atoms with Crippen molar-refractivity contribution in [1.82, 2.24) is 0 Å². The van der Waals surface area contributed by atoms with E-state index in [-0.39, 0.29) is 35.4 Å². The van der Waals surface area contributed by atoms with Crippen molar-refractivity contribution in [2.75, 3.05) is 0 Å². The summed E-state index contributed by atoms with van der Waals surface area (Å²) in [5.41, 5.74) is 6.83. The average Bonchev–Trinajstić information content (AvgIpc) is 2.34. The zero-order valence-corrected chi connectivity index (χ0v) is 15.1. The van der Waals surface area contributed by atoms with Crippen LogP contribution in [0.15, 0.2) is 18.2 Å². The predicted molar refractivity (Wildman–Crippen MR) is 91.1 cm³/mol. The van der Waals surface area contributed by atoms with E-state index in [0.717, 1.165) is 9.32 Å². The largest absolute Gasteiger partial charge is 0.489 e. The molecule has 0 spiro atoms. The molecule has 1 saturated carbocycles. The Labute approximate surface area is 140 Å². The third-order valence-corrected chi connectivity index (χ3v) is 5.16. The molecule has 3 nitrogen and oxygen atoms in total. The fraction of sp³-hybridized carbons (Fsp3) is 0.533. The third kappa shape index (κ3) is 2.63. The van der Waals surface area contributed by atoms with Crippen LogP contribution in [0.2, 0.25) is 0 Å². The first kappa shape index (κ1) is 17.5. The number of nitrogens with two attached hydrogens (primary N) is 1. The first-order valence-corrected chi connectivity index (χ1v) is 7.41. The van der Waals surface area contributed by atoms with E-state index in [9.17, 15) is 0 Å². The Morgan fingerprint density at radius 1 is 1.25 bits per heavy atom. The van der Waals surface area contributed by atoms with Crippen LogP contribution in [0.3, 0.4) is 0 Å². The van der Waals surface area contributed by atoms with E-state index in [1.807, 2.05) is 12.1 Å². The second-order valence-electron chi connectivity index (χ2n) is 6.37. The van der Waals surface area contributed by atoms with Crippen LogP contribution >= 0.6 is 35.0 Å². The van der Waals surface area contributed by atoms with E-state index in [4.69, 9.17) is 15.7 Å². The van der Waals surface area contributed by atoms with E-state index in [0.29, 0.717) is 5.56 Å². The van der Waals surface area contributed by atoms with Crippen molar-refractivity contribution in [2.24, 2.45) is 16.6 Å². The molecule has 2 rings (SSSR count). The average molecular weight is 407 g/mol. The molecule has 0 radical (unpaired) electrons. The minimum Gasteiger partial charge on any atom is -0.489 e. The van der Waals surface area contributed by atoms with Gasteiger partial charge < -0.3 is 10.5 Å². The number of nitrogens with zero attached hydrogens (tertiary/aromatic N) is 1. The Kier molecular flexibility index (Phi) is 5.00. The topological polar surface area (TPSA) is 59.0 Å². The van der Waals surface area contributed by atoms with Crippen LogP contribution in [-0.4, -0.2) is 12.1 Å². The van der Waals surface area contributed by atoms with Crippen LogP contribution in [0, 0.1) is 25.7 Å². The van der Waals surface area contributed by atoms with E-state index in [1.165, 1.54) is 0 Å². The van der Waals surface area contributed by atoms with Crippen LogP contribution in [0.1, 0.15) is 33.3 Å². The number of nitriles is 1. The monoisotopic (exact) mass is 406 g/mol. The first-order chi connectivity index (χ1) is 8.71. The predicted octanol–water partition coefficient (Wildman–Crippen LogP) is 3.73. The quantitative estimate of drug-likeness (QED) is 0.761. The number of halogens is 2. The molecule has 1 aliphatic rings. The van der Waals surface area contributed by atoms with Gasteiger partial charge in [-0.15, -0.1) is 12.4 Å². The SMILES string of the molecule is CC1(C)[C@H](N)C(C)(C)[C@H]1Oc1ccc(C#N)c(I)c1.Cl. The van der Waals surface area contributed by atoms with Crippen LogP contribution in [0.4, 0.5) is 0 Å². The smallest absolute Gasteiger partial charge is 0.120 e. The Bertz CT molecular complexity index is 535. The molecule has 0 saturated heterocycles. The van der Waals surface area contributed by atoms with Gasteiger partial charge in [-0.25, -0.2) is 0 Å². The molecule has 0 aromatic heterocycles. The summed E-state index contributed by atoms with van der Waals surface area (Å²) in [5, 5.41) is 8.94. The molecule has 2 N–H and O–H groups in total. The molecule has 0 amide bonds. The van der Waals surface area contributed by atoms with E-state index in [1.54, 1.807) is 6.07 Å². The summed E-state index contributed by atoms with van der Waals surface area (Å²) in [7, 11) is 0. The molecule has 0 unspecified atom stereocenters. The van der Waals surface area contributed by atoms with Crippen molar-refractivity contribution in [2.45, 2.75) is 39.8 Å². The second kappa shape index (κ2) is 5.70. The zero-order chi connectivity index (χ0) is 14.4. The summed E-state index contributed by atoms with van der Waals surface area (Å²) < 4.78 is 7.05. The molecule has 1 aromatic rings. The highest BCUT2D eigenvalue weighted by molar-refractivity contribution is 14.1. The van der Waals surface area contributed by atoms with Gasteiger partial charge in [-0.1, -0.05) is 27.7 Å². The number of ether oxygens (including phenoxy) is 1. The highest BCUT2D eigenvalue weighted by atomic mass is 127. The molecule has 1 aromatic carbocycles. The van der Waals surface area contributed by atoms with Gasteiger partial charge >= 0.3 is 0 Å². The third-order valence-electron chi connectivity index (χ3n) is 4.27. The lowest BCUT2D eigenvalue weighted by Crippen LogP contribution is -2.72. The Hall–Kier alpha value is -0.510. The summed E-state index contributed by atoms with van der Waals surface area (Å²) in [4.78, 5) is 0. The van der Waals surface area contributed by atoms with Crippen LogP contribution in [-0.2, 0) is 0 Å². The number of hydrogen-bond donors (Lipinski definition) is 1. The number of hydrogen-bond acceptors (Lipinski definition) is 3. The zero-order valence-electron chi connectivity index (χ0n) is 12.1. The highest BCUT2D eigenvalue weighted by Crippen LogP contribution is 2.54. The number of rotatable bonds is 2. The molecular weight excluding hydrogens is 387 g/mol. The van der Waals surface area contributed by atoms with Crippen molar-refractivity contribution >= 4 is 35.0 Å². The Balaban J connectivity index is 0.00000200. The molecule has 0 aliphatic heterocycles. The molecule has 0 bridgehead atoms. The minimum atomic E-state index is -0.0389. The van der Waals surface area contributed by atoms with Gasteiger partial charge in [0, 0.05) is 20.4 Å². The van der Waals surface area contributed by atoms with Crippen molar-refractivity contribution in [3.8, 4) is 11.8 Å². The molecular formula is C15H20ClIN2O. The first-order valence-electron chi connectivity index (χ1n) is 6.33. The van der Waals surface area contributed by atoms with Gasteiger partial charge in [0.2, 0.25) is 0 Å². The van der Waals surface area contributed by atoms with Crippen LogP contribution in [0.5, 0.6) is 5.75 Å². The molecule has 0 heterocycles. The lowest BCUT2D eigenvalue weighted by molar-refractivity contribution is -0.155. The summed E-state index contributed by atoms with van der Waals surface area (Å²) >= 11 is 2.16. The molecule has 110 valence electrons. The normalized spacial score (nSPS) is 25.9. The molecule has 0 atom stereocenters. The Morgan fingerprint density at radius 2 is 1.80 bits per heavy atom. The van der Waals surface area contributed by atoms with Crippen molar-refractivity contribution < 1.29 is 4.74 Å². The van der Waals surface area contributed by atoms with Gasteiger partial charge in [-0.3, -0.25) is 0 Å². The van der Waals surface area contributed by atoms with Crippen molar-refractivity contribution in [3.63, 3.8) is 0 Å². The van der Waals surface area contributed by atoms with E-state index < -0.39 is 0 Å². The Morgan fingerprint density at radius 3 is 2.25 bits per heavy atom. The summed E-state index contributed by atoms with van der Waals surface area (Å²) in [6.07, 6.45) is 0.0822. The highest BCUT2D eigenvalue weighted by Gasteiger charge is 2.61. The van der Waals surface area contributed by atoms with Crippen molar-refractivity contribution in [3.05, 3.63) is 27.3 Å². The number of benzene rings is 1. The summed E-state index contributed by atoms with van der Waals surface area (Å²) in [5.74, 6) is 0.807.